The van der Waals surface area contributed by atoms with Crippen molar-refractivity contribution >= 4 is 13.6 Å². The maximum atomic E-state index is 2.08. The zero-order chi connectivity index (χ0) is 3.70. The SMILES string of the molecule is CC=C1B=B1. The second kappa shape index (κ2) is 0.925. The van der Waals surface area contributed by atoms with E-state index in [2.05, 4.69) is 19.7 Å². The summed E-state index contributed by atoms with van der Waals surface area (Å²) in [6, 6.07) is 0. The van der Waals surface area contributed by atoms with Crippen molar-refractivity contribution in [2.45, 2.75) is 6.92 Å². The number of hydrogen-bond acceptors (Lipinski definition) is 0. The summed E-state index contributed by atoms with van der Waals surface area (Å²) in [5, 5.41) is 1.38. The fourth-order valence-corrected chi connectivity index (χ4v) is 0.241. The number of hydrogen-bond donors (Lipinski definition) is 0. The van der Waals surface area contributed by atoms with Crippen LogP contribution in [0.2, 0.25) is 0 Å². The fraction of sp³-hybridized carbons (Fsp3) is 0.333. The molecule has 0 radical (unpaired) electrons. The summed E-state index contributed by atoms with van der Waals surface area (Å²) in [6.45, 7) is 6.20. The summed E-state index contributed by atoms with van der Waals surface area (Å²) in [4.78, 5) is 0. The average Bonchev–Trinajstić information content (AvgIpc) is 2.12. The molecule has 0 aromatic heterocycles. The molecule has 1 rings (SSSR count). The van der Waals surface area contributed by atoms with Crippen LogP contribution in [0, 0.1) is 0 Å². The van der Waals surface area contributed by atoms with Gasteiger partial charge in [-0.1, -0.05) is 0 Å². The van der Waals surface area contributed by atoms with Gasteiger partial charge in [-0.05, 0) is 0 Å². The Morgan fingerprint density at radius 3 is 2.20 bits per heavy atom. The van der Waals surface area contributed by atoms with Gasteiger partial charge in [0, 0.05) is 0 Å². The van der Waals surface area contributed by atoms with E-state index in [0.717, 1.165) is 0 Å². The van der Waals surface area contributed by atoms with Crippen LogP contribution in [0.15, 0.2) is 11.4 Å². The minimum atomic E-state index is 1.38. The Morgan fingerprint density at radius 2 is 2.20 bits per heavy atom. The molecule has 0 aromatic carbocycles. The summed E-state index contributed by atoms with van der Waals surface area (Å²) >= 11 is 0. The van der Waals surface area contributed by atoms with E-state index >= 15 is 0 Å². The Kier molecular flexibility index (Phi) is 0.569. The topological polar surface area (TPSA) is 0 Å². The molecule has 0 unspecified atom stereocenters. The van der Waals surface area contributed by atoms with Crippen molar-refractivity contribution in [3.05, 3.63) is 11.4 Å². The second-order valence-corrected chi connectivity index (χ2v) is 1.12. The quantitative estimate of drug-likeness (QED) is 0.351. The van der Waals surface area contributed by atoms with Crippen LogP contribution in [-0.2, 0) is 0 Å². The zero-order valence-electron chi connectivity index (χ0n) is 3.23. The first-order chi connectivity index (χ1) is 2.43. The van der Waals surface area contributed by atoms with Gasteiger partial charge in [0.1, 0.15) is 0 Å². The summed E-state index contributed by atoms with van der Waals surface area (Å²) in [5.74, 6) is 0. The minimum absolute atomic E-state index is 1.38. The van der Waals surface area contributed by atoms with Crippen molar-refractivity contribution in [3.63, 3.8) is 0 Å². The molecule has 1 heterocycles. The van der Waals surface area contributed by atoms with Crippen LogP contribution in [-0.4, -0.2) is 13.6 Å². The van der Waals surface area contributed by atoms with Crippen molar-refractivity contribution in [3.8, 4) is 0 Å². The van der Waals surface area contributed by atoms with Crippen LogP contribution in [0.4, 0.5) is 0 Å². The van der Waals surface area contributed by atoms with E-state index in [-0.39, 0.29) is 0 Å². The third-order valence-corrected chi connectivity index (χ3v) is 0.692. The second-order valence-electron chi connectivity index (χ2n) is 1.12. The van der Waals surface area contributed by atoms with Crippen LogP contribution in [0.1, 0.15) is 6.92 Å². The third kappa shape index (κ3) is 0.571. The first-order valence-electron chi connectivity index (χ1n) is 1.78. The monoisotopic (exact) mass is 62.0 g/mol. The molecule has 0 saturated carbocycles. The molecule has 1 aliphatic heterocycles. The van der Waals surface area contributed by atoms with Crippen molar-refractivity contribution in [2.75, 3.05) is 0 Å². The van der Waals surface area contributed by atoms with Gasteiger partial charge in [-0.25, -0.2) is 0 Å². The summed E-state index contributed by atoms with van der Waals surface area (Å²) in [5.41, 5.74) is 0. The molecule has 5 heavy (non-hydrogen) atoms. The van der Waals surface area contributed by atoms with E-state index in [0.29, 0.717) is 0 Å². The molecule has 0 aromatic rings. The standard InChI is InChI=1S/C3H4B2/c1-2-3-4-5-3/h2H,1H3. The Bertz CT molecular complexity index is 83.1. The van der Waals surface area contributed by atoms with Gasteiger partial charge in [0.2, 0.25) is 0 Å². The van der Waals surface area contributed by atoms with Crippen molar-refractivity contribution in [1.82, 2.24) is 0 Å². The fourth-order valence-electron chi connectivity index (χ4n) is 0.241. The van der Waals surface area contributed by atoms with Crippen LogP contribution >= 0.6 is 0 Å². The molecule has 0 spiro atoms. The first-order valence-corrected chi connectivity index (χ1v) is 1.78. The van der Waals surface area contributed by atoms with Crippen LogP contribution < -0.4 is 0 Å². The molecular formula is C3H4B2. The molecule has 0 nitrogen and oxygen atoms in total. The van der Waals surface area contributed by atoms with Crippen molar-refractivity contribution < 1.29 is 0 Å². The van der Waals surface area contributed by atoms with Crippen LogP contribution in [0.3, 0.4) is 0 Å². The predicted molar refractivity (Wildman–Crippen MR) is 25.3 cm³/mol. The third-order valence-electron chi connectivity index (χ3n) is 0.692. The van der Waals surface area contributed by atoms with E-state index in [4.69, 9.17) is 0 Å². The Hall–Kier alpha value is -0.130. The van der Waals surface area contributed by atoms with Gasteiger partial charge in [-0.3, -0.25) is 0 Å². The van der Waals surface area contributed by atoms with Gasteiger partial charge in [0.05, 0.1) is 0 Å². The Balaban J connectivity index is 2.54. The molecule has 0 saturated heterocycles. The summed E-state index contributed by atoms with van der Waals surface area (Å²) < 4.78 is 0. The molecular weight excluding hydrogens is 57.7 g/mol. The normalized spacial score (nSPS) is 12.6. The predicted octanol–water partition coefficient (Wildman–Crippen LogP) is 0.185. The molecule has 0 N–H and O–H groups in total. The van der Waals surface area contributed by atoms with Gasteiger partial charge < -0.3 is 0 Å². The van der Waals surface area contributed by atoms with Crippen LogP contribution in [0.25, 0.3) is 0 Å². The van der Waals surface area contributed by atoms with Gasteiger partial charge >= 0.3 is 32.0 Å². The molecule has 0 amide bonds. The van der Waals surface area contributed by atoms with Gasteiger partial charge in [-0.2, -0.15) is 0 Å². The Morgan fingerprint density at radius 1 is 1.60 bits per heavy atom. The van der Waals surface area contributed by atoms with E-state index in [9.17, 15) is 0 Å². The number of allylic oxidation sites excluding steroid dienone is 1. The van der Waals surface area contributed by atoms with Crippen LogP contribution in [0.5, 0.6) is 0 Å². The van der Waals surface area contributed by atoms with E-state index in [1.54, 1.807) is 0 Å². The van der Waals surface area contributed by atoms with E-state index in [1.165, 1.54) is 5.37 Å². The molecule has 2 heteroatoms. The summed E-state index contributed by atoms with van der Waals surface area (Å²) in [6.07, 6.45) is 2.08. The van der Waals surface area contributed by atoms with Gasteiger partial charge in [-0.15, -0.1) is 0 Å². The van der Waals surface area contributed by atoms with E-state index < -0.39 is 0 Å². The maximum absolute atomic E-state index is 2.08. The molecule has 1 aliphatic rings. The van der Waals surface area contributed by atoms with E-state index in [1.807, 2.05) is 6.92 Å². The molecule has 0 bridgehead atoms. The number of rotatable bonds is 0. The molecule has 22 valence electrons. The van der Waals surface area contributed by atoms with Gasteiger partial charge in [0.25, 0.3) is 0 Å². The summed E-state index contributed by atoms with van der Waals surface area (Å²) in [7, 11) is 0. The average molecular weight is 61.7 g/mol. The molecule has 0 atom stereocenters. The first kappa shape index (κ1) is 3.08. The Labute approximate surface area is 33.0 Å². The van der Waals surface area contributed by atoms with Gasteiger partial charge in [0.15, 0.2) is 0 Å². The van der Waals surface area contributed by atoms with Crippen molar-refractivity contribution in [2.24, 2.45) is 0 Å². The zero-order valence-corrected chi connectivity index (χ0v) is 3.23. The van der Waals surface area contributed by atoms with Crippen molar-refractivity contribution in [1.29, 1.82) is 0 Å². The molecule has 0 aliphatic carbocycles. The molecule has 0 fully saturated rings.